The van der Waals surface area contributed by atoms with Gasteiger partial charge in [-0.25, -0.2) is 0 Å². The van der Waals surface area contributed by atoms with Gasteiger partial charge in [0.1, 0.15) is 5.75 Å². The lowest BCUT2D eigenvalue weighted by Crippen LogP contribution is -2.51. The summed E-state index contributed by atoms with van der Waals surface area (Å²) < 4.78 is 5.25. The van der Waals surface area contributed by atoms with Crippen LogP contribution in [0.4, 0.5) is 5.69 Å². The first-order valence-corrected chi connectivity index (χ1v) is 11.1. The normalized spacial score (nSPS) is 14.5. The number of halogens is 1. The van der Waals surface area contributed by atoms with E-state index in [0.717, 1.165) is 19.6 Å². The van der Waals surface area contributed by atoms with Crippen LogP contribution in [0.3, 0.4) is 0 Å². The molecule has 0 bridgehead atoms. The van der Waals surface area contributed by atoms with E-state index in [9.17, 15) is 9.59 Å². The summed E-state index contributed by atoms with van der Waals surface area (Å²) in [5.74, 6) is 0.338. The van der Waals surface area contributed by atoms with Crippen molar-refractivity contribution in [2.75, 3.05) is 58.7 Å². The molecule has 32 heavy (non-hydrogen) atoms. The number of nitrogens with zero attached hydrogens (tertiary/aromatic N) is 3. The smallest absolute Gasteiger partial charge is 0.238 e. The quantitative estimate of drug-likeness (QED) is 0.659. The summed E-state index contributed by atoms with van der Waals surface area (Å²) in [5, 5.41) is 3.30. The maximum Gasteiger partial charge on any atom is 0.238 e. The second kappa shape index (κ2) is 11.3. The van der Waals surface area contributed by atoms with Gasteiger partial charge in [-0.15, -0.1) is 0 Å². The number of ether oxygens (including phenoxy) is 1. The predicted molar refractivity (Wildman–Crippen MR) is 127 cm³/mol. The lowest BCUT2D eigenvalue weighted by atomic mass is 10.1. The summed E-state index contributed by atoms with van der Waals surface area (Å²) in [6.45, 7) is 6.41. The van der Waals surface area contributed by atoms with Crippen molar-refractivity contribution in [3.8, 4) is 5.75 Å². The fourth-order valence-corrected chi connectivity index (χ4v) is 3.96. The third-order valence-electron chi connectivity index (χ3n) is 5.63. The Morgan fingerprint density at radius 1 is 1.09 bits per heavy atom. The summed E-state index contributed by atoms with van der Waals surface area (Å²) in [6, 6.07) is 13.4. The molecule has 3 rings (SSSR count). The summed E-state index contributed by atoms with van der Waals surface area (Å²) in [7, 11) is 3.30. The number of methoxy groups -OCH3 is 1. The van der Waals surface area contributed by atoms with Crippen molar-refractivity contribution >= 4 is 29.1 Å². The highest BCUT2D eigenvalue weighted by atomic mass is 35.5. The number of aryl methyl sites for hydroxylation is 1. The third kappa shape index (κ3) is 6.69. The Hall–Kier alpha value is -2.61. The van der Waals surface area contributed by atoms with Gasteiger partial charge in [0.05, 0.1) is 25.9 Å². The summed E-state index contributed by atoms with van der Waals surface area (Å²) in [5.41, 5.74) is 3.13. The Labute approximate surface area is 194 Å². The lowest BCUT2D eigenvalue weighted by molar-refractivity contribution is -0.134. The van der Waals surface area contributed by atoms with E-state index in [2.05, 4.69) is 41.4 Å². The summed E-state index contributed by atoms with van der Waals surface area (Å²) >= 11 is 6.01. The summed E-state index contributed by atoms with van der Waals surface area (Å²) in [4.78, 5) is 31.1. The van der Waals surface area contributed by atoms with E-state index >= 15 is 0 Å². The van der Waals surface area contributed by atoms with Crippen LogP contribution >= 0.6 is 11.6 Å². The van der Waals surface area contributed by atoms with Crippen LogP contribution in [-0.2, 0) is 16.1 Å². The average Bonchev–Trinajstić information content (AvgIpc) is 2.76. The Bertz CT molecular complexity index is 945. The molecule has 2 amide bonds. The standard InChI is InChI=1S/C24H31ClN4O3/c1-18-6-4-5-7-19(18)15-28-10-12-29(13-11-28)24(31)17-27(2)16-23(30)26-21-14-20(25)8-9-22(21)32-3/h4-9,14H,10-13,15-17H2,1-3H3,(H,26,30). The average molecular weight is 459 g/mol. The highest BCUT2D eigenvalue weighted by Crippen LogP contribution is 2.27. The number of carbonyl (C=O) groups is 2. The predicted octanol–water partition coefficient (Wildman–Crippen LogP) is 2.87. The van der Waals surface area contributed by atoms with E-state index in [1.807, 2.05) is 4.90 Å². The zero-order valence-electron chi connectivity index (χ0n) is 18.9. The molecule has 1 fully saturated rings. The molecule has 1 heterocycles. The molecule has 0 radical (unpaired) electrons. The Morgan fingerprint density at radius 2 is 1.81 bits per heavy atom. The number of likely N-dealkylation sites (N-methyl/N-ethyl adjacent to an activating group) is 1. The Kier molecular flexibility index (Phi) is 8.50. The van der Waals surface area contributed by atoms with Crippen LogP contribution in [0, 0.1) is 6.92 Å². The van der Waals surface area contributed by atoms with E-state index in [1.165, 1.54) is 18.2 Å². The first-order chi connectivity index (χ1) is 15.4. The van der Waals surface area contributed by atoms with Crippen LogP contribution in [0.5, 0.6) is 5.75 Å². The van der Waals surface area contributed by atoms with Gasteiger partial charge in [0.2, 0.25) is 11.8 Å². The van der Waals surface area contributed by atoms with Gasteiger partial charge >= 0.3 is 0 Å². The van der Waals surface area contributed by atoms with E-state index in [0.29, 0.717) is 29.5 Å². The highest BCUT2D eigenvalue weighted by Gasteiger charge is 2.23. The van der Waals surface area contributed by atoms with E-state index in [4.69, 9.17) is 16.3 Å². The number of piperazine rings is 1. The number of benzene rings is 2. The SMILES string of the molecule is COc1ccc(Cl)cc1NC(=O)CN(C)CC(=O)N1CCN(Cc2ccccc2C)CC1. The molecule has 0 atom stereocenters. The number of nitrogens with one attached hydrogen (secondary N) is 1. The molecule has 8 heteroatoms. The van der Waals surface area contributed by atoms with Gasteiger partial charge in [-0.3, -0.25) is 19.4 Å². The Morgan fingerprint density at radius 3 is 2.50 bits per heavy atom. The van der Waals surface area contributed by atoms with E-state index in [-0.39, 0.29) is 24.9 Å². The van der Waals surface area contributed by atoms with Crippen LogP contribution in [-0.4, -0.2) is 79.9 Å². The van der Waals surface area contributed by atoms with Crippen LogP contribution in [0.15, 0.2) is 42.5 Å². The molecular weight excluding hydrogens is 428 g/mol. The molecular formula is C24H31ClN4O3. The molecule has 0 spiro atoms. The van der Waals surface area contributed by atoms with Crippen molar-refractivity contribution in [1.29, 1.82) is 0 Å². The minimum absolute atomic E-state index is 0.0381. The van der Waals surface area contributed by atoms with Crippen molar-refractivity contribution in [2.24, 2.45) is 0 Å². The van der Waals surface area contributed by atoms with Gasteiger partial charge in [0.15, 0.2) is 0 Å². The number of amides is 2. The molecule has 7 nitrogen and oxygen atoms in total. The maximum atomic E-state index is 12.7. The monoisotopic (exact) mass is 458 g/mol. The molecule has 0 unspecified atom stereocenters. The minimum atomic E-state index is -0.232. The van der Waals surface area contributed by atoms with Crippen LogP contribution < -0.4 is 10.1 Å². The molecule has 0 aromatic heterocycles. The first kappa shape index (κ1) is 24.0. The van der Waals surface area contributed by atoms with Crippen LogP contribution in [0.25, 0.3) is 0 Å². The molecule has 1 N–H and O–H groups in total. The fraction of sp³-hybridized carbons (Fsp3) is 0.417. The highest BCUT2D eigenvalue weighted by molar-refractivity contribution is 6.31. The van der Waals surface area contributed by atoms with Crippen LogP contribution in [0.1, 0.15) is 11.1 Å². The van der Waals surface area contributed by atoms with E-state index < -0.39 is 0 Å². The molecule has 1 aliphatic rings. The van der Waals surface area contributed by atoms with Gasteiger partial charge in [0.25, 0.3) is 0 Å². The molecule has 1 aliphatic heterocycles. The molecule has 1 saturated heterocycles. The molecule has 0 saturated carbocycles. The molecule has 2 aromatic rings. The largest absolute Gasteiger partial charge is 0.495 e. The van der Waals surface area contributed by atoms with Crippen LogP contribution in [0.2, 0.25) is 5.02 Å². The lowest BCUT2D eigenvalue weighted by Gasteiger charge is -2.35. The fourth-order valence-electron chi connectivity index (χ4n) is 3.78. The first-order valence-electron chi connectivity index (χ1n) is 10.7. The van der Waals surface area contributed by atoms with E-state index in [1.54, 1.807) is 30.1 Å². The van der Waals surface area contributed by atoms with Gasteiger partial charge in [-0.2, -0.15) is 0 Å². The minimum Gasteiger partial charge on any atom is -0.495 e. The number of hydrogen-bond acceptors (Lipinski definition) is 5. The van der Waals surface area contributed by atoms with Crippen molar-refractivity contribution < 1.29 is 14.3 Å². The van der Waals surface area contributed by atoms with Crippen molar-refractivity contribution in [3.63, 3.8) is 0 Å². The second-order valence-electron chi connectivity index (χ2n) is 8.15. The van der Waals surface area contributed by atoms with Crippen molar-refractivity contribution in [2.45, 2.75) is 13.5 Å². The topological polar surface area (TPSA) is 65.1 Å². The van der Waals surface area contributed by atoms with Gasteiger partial charge in [-0.05, 0) is 43.3 Å². The maximum absolute atomic E-state index is 12.7. The molecule has 2 aromatic carbocycles. The third-order valence-corrected chi connectivity index (χ3v) is 5.87. The zero-order valence-corrected chi connectivity index (χ0v) is 19.7. The number of carbonyl (C=O) groups excluding carboxylic acids is 2. The second-order valence-corrected chi connectivity index (χ2v) is 8.58. The number of anilines is 1. The van der Waals surface area contributed by atoms with Gasteiger partial charge in [0, 0.05) is 37.7 Å². The molecule has 172 valence electrons. The molecule has 0 aliphatic carbocycles. The van der Waals surface area contributed by atoms with Gasteiger partial charge < -0.3 is 15.0 Å². The number of hydrogen-bond donors (Lipinski definition) is 1. The van der Waals surface area contributed by atoms with Crippen molar-refractivity contribution in [1.82, 2.24) is 14.7 Å². The van der Waals surface area contributed by atoms with Crippen molar-refractivity contribution in [3.05, 3.63) is 58.6 Å². The summed E-state index contributed by atoms with van der Waals surface area (Å²) in [6.07, 6.45) is 0. The van der Waals surface area contributed by atoms with Gasteiger partial charge in [-0.1, -0.05) is 35.9 Å². The number of rotatable bonds is 8. The Balaban J connectivity index is 1.43. The zero-order chi connectivity index (χ0) is 23.1.